The van der Waals surface area contributed by atoms with Crippen molar-refractivity contribution in [2.75, 3.05) is 21.3 Å². The van der Waals surface area contributed by atoms with E-state index in [1.807, 2.05) is 56.3 Å². The molecule has 0 aliphatic heterocycles. The lowest BCUT2D eigenvalue weighted by molar-refractivity contribution is -0.121. The van der Waals surface area contributed by atoms with Gasteiger partial charge >= 0.3 is 0 Å². The lowest BCUT2D eigenvalue weighted by Crippen LogP contribution is -2.28. The number of methoxy groups -OCH3 is 3. The summed E-state index contributed by atoms with van der Waals surface area (Å²) in [5.74, 6) is 2.56. The predicted molar refractivity (Wildman–Crippen MR) is 113 cm³/mol. The largest absolute Gasteiger partial charge is 0.493 e. The molecule has 0 radical (unpaired) electrons. The highest BCUT2D eigenvalue weighted by molar-refractivity contribution is 5.79. The van der Waals surface area contributed by atoms with Gasteiger partial charge in [0.15, 0.2) is 11.5 Å². The number of ether oxygens (including phenoxy) is 3. The number of aryl methyl sites for hydroxylation is 1. The fourth-order valence-corrected chi connectivity index (χ4v) is 3.18. The molecule has 0 bridgehead atoms. The molecule has 0 fully saturated rings. The first-order valence-electron chi connectivity index (χ1n) is 9.57. The number of hydrogen-bond donors (Lipinski definition) is 1. The minimum Gasteiger partial charge on any atom is -0.493 e. The van der Waals surface area contributed by atoms with Crippen LogP contribution in [0.2, 0.25) is 0 Å². The Kier molecular flexibility index (Phi) is 6.61. The van der Waals surface area contributed by atoms with Gasteiger partial charge in [-0.15, -0.1) is 0 Å². The first kappa shape index (κ1) is 21.2. The van der Waals surface area contributed by atoms with E-state index in [0.717, 1.165) is 11.1 Å². The maximum atomic E-state index is 12.6. The van der Waals surface area contributed by atoms with Gasteiger partial charge in [-0.25, -0.2) is 4.98 Å². The molecule has 3 aromatic rings. The van der Waals surface area contributed by atoms with E-state index >= 15 is 0 Å². The number of hydrogen-bond acceptors (Lipinski definition) is 6. The molecule has 2 aromatic carbocycles. The molecule has 3 rings (SSSR count). The summed E-state index contributed by atoms with van der Waals surface area (Å²) in [6.07, 6.45) is 0.122. The molecule has 1 amide bonds. The van der Waals surface area contributed by atoms with Crippen LogP contribution < -0.4 is 19.5 Å². The summed E-state index contributed by atoms with van der Waals surface area (Å²) < 4.78 is 21.9. The number of benzene rings is 2. The fourth-order valence-electron chi connectivity index (χ4n) is 3.18. The molecule has 1 heterocycles. The summed E-state index contributed by atoms with van der Waals surface area (Å²) in [5, 5.41) is 2.99. The Morgan fingerprint density at radius 2 is 1.70 bits per heavy atom. The number of rotatable bonds is 8. The van der Waals surface area contributed by atoms with Crippen LogP contribution in [-0.2, 0) is 11.2 Å². The Hall–Kier alpha value is -3.48. The zero-order chi connectivity index (χ0) is 21.7. The number of aromatic nitrogens is 1. The molecule has 1 unspecified atom stereocenters. The zero-order valence-corrected chi connectivity index (χ0v) is 17.8. The van der Waals surface area contributed by atoms with Crippen molar-refractivity contribution in [1.82, 2.24) is 10.3 Å². The highest BCUT2D eigenvalue weighted by atomic mass is 16.5. The van der Waals surface area contributed by atoms with E-state index in [2.05, 4.69) is 10.3 Å². The summed E-state index contributed by atoms with van der Waals surface area (Å²) in [7, 11) is 4.67. The number of nitrogens with zero attached hydrogens (tertiary/aromatic N) is 1. The predicted octanol–water partition coefficient (Wildman–Crippen LogP) is 4.10. The van der Waals surface area contributed by atoms with Gasteiger partial charge < -0.3 is 23.9 Å². The zero-order valence-electron chi connectivity index (χ0n) is 17.8. The molecule has 158 valence electrons. The van der Waals surface area contributed by atoms with Gasteiger partial charge in [0.05, 0.1) is 39.5 Å². The molecule has 1 aromatic heterocycles. The summed E-state index contributed by atoms with van der Waals surface area (Å²) in [6, 6.07) is 13.0. The molecule has 1 N–H and O–H groups in total. The Labute approximate surface area is 176 Å². The number of oxazole rings is 1. The number of carbonyl (C=O) groups is 1. The maximum absolute atomic E-state index is 12.6. The third-order valence-electron chi connectivity index (χ3n) is 4.81. The van der Waals surface area contributed by atoms with Crippen LogP contribution in [0.25, 0.3) is 11.5 Å². The Balaban J connectivity index is 1.73. The summed E-state index contributed by atoms with van der Waals surface area (Å²) in [4.78, 5) is 17.1. The van der Waals surface area contributed by atoms with Crippen molar-refractivity contribution >= 4 is 5.91 Å². The smallest absolute Gasteiger partial charge is 0.226 e. The van der Waals surface area contributed by atoms with Crippen LogP contribution >= 0.6 is 0 Å². The maximum Gasteiger partial charge on any atom is 0.226 e. The molecule has 0 saturated heterocycles. The van der Waals surface area contributed by atoms with Crippen LogP contribution in [0.1, 0.15) is 30.0 Å². The van der Waals surface area contributed by atoms with Crippen LogP contribution in [0, 0.1) is 6.92 Å². The summed E-state index contributed by atoms with van der Waals surface area (Å²) in [6.45, 7) is 3.70. The van der Waals surface area contributed by atoms with Crippen LogP contribution in [-0.4, -0.2) is 32.2 Å². The van der Waals surface area contributed by atoms with Crippen molar-refractivity contribution in [1.29, 1.82) is 0 Å². The molecule has 0 spiro atoms. The second-order valence-corrected chi connectivity index (χ2v) is 6.81. The van der Waals surface area contributed by atoms with Crippen LogP contribution in [0.4, 0.5) is 0 Å². The normalized spacial score (nSPS) is 11.6. The lowest BCUT2D eigenvalue weighted by Gasteiger charge is -2.18. The van der Waals surface area contributed by atoms with Crippen molar-refractivity contribution < 1.29 is 23.4 Å². The van der Waals surface area contributed by atoms with Crippen molar-refractivity contribution in [3.8, 4) is 28.7 Å². The second kappa shape index (κ2) is 9.35. The fraction of sp³-hybridized carbons (Fsp3) is 0.304. The average Bonchev–Trinajstić information content (AvgIpc) is 3.13. The minimum absolute atomic E-state index is 0.122. The van der Waals surface area contributed by atoms with Gasteiger partial charge in [-0.3, -0.25) is 4.79 Å². The Morgan fingerprint density at radius 3 is 2.27 bits per heavy atom. The molecule has 30 heavy (non-hydrogen) atoms. The number of amides is 1. The standard InChI is InChI=1S/C23H26N2O5/c1-14(17-11-19(27-3)22(29-5)20(12-17)28-4)24-21(26)13-18-15(2)30-23(25-18)16-9-7-6-8-10-16/h6-12,14H,13H2,1-5H3,(H,24,26). The lowest BCUT2D eigenvalue weighted by atomic mass is 10.1. The molecular formula is C23H26N2O5. The van der Waals surface area contributed by atoms with E-state index in [1.54, 1.807) is 21.3 Å². The van der Waals surface area contributed by atoms with Gasteiger partial charge in [-0.2, -0.15) is 0 Å². The van der Waals surface area contributed by atoms with Gasteiger partial charge in [0.2, 0.25) is 17.5 Å². The minimum atomic E-state index is -0.271. The first-order chi connectivity index (χ1) is 14.5. The topological polar surface area (TPSA) is 82.8 Å². The molecular weight excluding hydrogens is 384 g/mol. The summed E-state index contributed by atoms with van der Waals surface area (Å²) >= 11 is 0. The van der Waals surface area contributed by atoms with Crippen molar-refractivity contribution in [3.63, 3.8) is 0 Å². The van der Waals surface area contributed by atoms with E-state index in [4.69, 9.17) is 18.6 Å². The molecule has 1 atom stereocenters. The van der Waals surface area contributed by atoms with E-state index in [0.29, 0.717) is 34.6 Å². The van der Waals surface area contributed by atoms with E-state index < -0.39 is 0 Å². The highest BCUT2D eigenvalue weighted by Gasteiger charge is 2.19. The monoisotopic (exact) mass is 410 g/mol. The third kappa shape index (κ3) is 4.56. The SMILES string of the molecule is COc1cc(C(C)NC(=O)Cc2nc(-c3ccccc3)oc2C)cc(OC)c1OC. The quantitative estimate of drug-likeness (QED) is 0.602. The molecule has 7 heteroatoms. The summed E-state index contributed by atoms with van der Waals surface area (Å²) in [5.41, 5.74) is 2.32. The number of nitrogens with one attached hydrogen (secondary N) is 1. The third-order valence-corrected chi connectivity index (χ3v) is 4.81. The Morgan fingerprint density at radius 1 is 1.07 bits per heavy atom. The molecule has 0 saturated carbocycles. The molecule has 7 nitrogen and oxygen atoms in total. The van der Waals surface area contributed by atoms with Crippen molar-refractivity contribution in [3.05, 3.63) is 59.5 Å². The second-order valence-electron chi connectivity index (χ2n) is 6.81. The number of carbonyl (C=O) groups excluding carboxylic acids is 1. The van der Waals surface area contributed by atoms with Crippen LogP contribution in [0.15, 0.2) is 46.9 Å². The average molecular weight is 410 g/mol. The highest BCUT2D eigenvalue weighted by Crippen LogP contribution is 2.39. The van der Waals surface area contributed by atoms with Gasteiger partial charge in [0, 0.05) is 5.56 Å². The Bertz CT molecular complexity index is 989. The van der Waals surface area contributed by atoms with E-state index in [-0.39, 0.29) is 18.4 Å². The van der Waals surface area contributed by atoms with Gasteiger partial charge in [-0.05, 0) is 43.7 Å². The van der Waals surface area contributed by atoms with Gasteiger partial charge in [0.25, 0.3) is 0 Å². The van der Waals surface area contributed by atoms with Crippen LogP contribution in [0.3, 0.4) is 0 Å². The van der Waals surface area contributed by atoms with E-state index in [9.17, 15) is 4.79 Å². The van der Waals surface area contributed by atoms with Gasteiger partial charge in [-0.1, -0.05) is 18.2 Å². The molecule has 0 aliphatic carbocycles. The van der Waals surface area contributed by atoms with Crippen molar-refractivity contribution in [2.24, 2.45) is 0 Å². The first-order valence-corrected chi connectivity index (χ1v) is 9.57. The van der Waals surface area contributed by atoms with Crippen LogP contribution in [0.5, 0.6) is 17.2 Å². The van der Waals surface area contributed by atoms with Crippen molar-refractivity contribution in [2.45, 2.75) is 26.3 Å². The van der Waals surface area contributed by atoms with Gasteiger partial charge in [0.1, 0.15) is 5.76 Å². The van der Waals surface area contributed by atoms with E-state index in [1.165, 1.54) is 0 Å². The molecule has 0 aliphatic rings.